The minimum absolute atomic E-state index is 0.157. The summed E-state index contributed by atoms with van der Waals surface area (Å²) in [5, 5.41) is 23.2. The number of amides is 1. The van der Waals surface area contributed by atoms with E-state index in [-0.39, 0.29) is 18.7 Å². The Bertz CT molecular complexity index is 1120. The molecule has 0 fully saturated rings. The Balaban J connectivity index is 1.41. The van der Waals surface area contributed by atoms with Crippen molar-refractivity contribution in [2.45, 2.75) is 18.8 Å². The molecule has 1 aromatic heterocycles. The van der Waals surface area contributed by atoms with Crippen molar-refractivity contribution in [2.75, 3.05) is 0 Å². The van der Waals surface area contributed by atoms with E-state index < -0.39 is 13.1 Å². The van der Waals surface area contributed by atoms with Gasteiger partial charge in [-0.15, -0.1) is 0 Å². The topological polar surface area (TPSA) is 82.7 Å². The number of carbonyl (C=O) groups is 1. The van der Waals surface area contributed by atoms with Gasteiger partial charge in [-0.3, -0.25) is 4.79 Å². The monoisotopic (exact) mass is 399 g/mol. The molecule has 0 aliphatic rings. The Labute approximate surface area is 175 Å². The third-order valence-electron chi connectivity index (χ3n) is 5.13. The number of carbonyl (C=O) groups excluding carboxylic acids is 1. The summed E-state index contributed by atoms with van der Waals surface area (Å²) in [4.78, 5) is 12.5. The maximum atomic E-state index is 12.5. The molecule has 4 aromatic rings. The van der Waals surface area contributed by atoms with Crippen LogP contribution in [0, 0.1) is 0 Å². The van der Waals surface area contributed by atoms with Gasteiger partial charge in [0, 0.05) is 5.39 Å². The summed E-state index contributed by atoms with van der Waals surface area (Å²) in [5.74, 6) is -1.10. The third kappa shape index (κ3) is 4.62. The second-order valence-electron chi connectivity index (χ2n) is 7.29. The zero-order valence-electron chi connectivity index (χ0n) is 16.4. The van der Waals surface area contributed by atoms with E-state index >= 15 is 0 Å². The van der Waals surface area contributed by atoms with Gasteiger partial charge in [0.15, 0.2) is 0 Å². The van der Waals surface area contributed by atoms with Crippen LogP contribution in [0.5, 0.6) is 0 Å². The molecule has 0 bridgehead atoms. The van der Waals surface area contributed by atoms with Crippen LogP contribution in [0.25, 0.3) is 22.1 Å². The predicted octanol–water partition coefficient (Wildman–Crippen LogP) is 3.38. The minimum Gasteiger partial charge on any atom is -0.464 e. The van der Waals surface area contributed by atoms with Gasteiger partial charge in [0.2, 0.25) is 5.91 Å². The zero-order valence-corrected chi connectivity index (χ0v) is 16.4. The summed E-state index contributed by atoms with van der Waals surface area (Å²) in [5.41, 5.74) is 4.59. The molecular formula is C24H22BNO4. The van der Waals surface area contributed by atoms with Crippen molar-refractivity contribution < 1.29 is 19.3 Å². The summed E-state index contributed by atoms with van der Waals surface area (Å²) in [6.45, 7) is 0. The Hall–Kier alpha value is -3.35. The number of para-hydroxylation sites is 1. The van der Waals surface area contributed by atoms with Crippen LogP contribution >= 0.6 is 0 Å². The minimum atomic E-state index is -1.68. The van der Waals surface area contributed by atoms with E-state index in [4.69, 9.17) is 4.42 Å². The summed E-state index contributed by atoms with van der Waals surface area (Å²) in [6.07, 6.45) is 2.01. The molecule has 1 heterocycles. The summed E-state index contributed by atoms with van der Waals surface area (Å²) in [7, 11) is -1.68. The van der Waals surface area contributed by atoms with Gasteiger partial charge in [-0.25, -0.2) is 0 Å². The molecular weight excluding hydrogens is 377 g/mol. The average molecular weight is 399 g/mol. The van der Waals surface area contributed by atoms with E-state index in [1.165, 1.54) is 0 Å². The summed E-state index contributed by atoms with van der Waals surface area (Å²) < 4.78 is 5.50. The number of hydrogen-bond donors (Lipinski definition) is 3. The van der Waals surface area contributed by atoms with Crippen LogP contribution < -0.4 is 5.32 Å². The quantitative estimate of drug-likeness (QED) is 0.416. The van der Waals surface area contributed by atoms with Gasteiger partial charge >= 0.3 is 7.12 Å². The Morgan fingerprint density at radius 2 is 1.57 bits per heavy atom. The first kappa shape index (κ1) is 19.9. The first-order chi connectivity index (χ1) is 14.6. The fourth-order valence-corrected chi connectivity index (χ4v) is 3.55. The highest BCUT2D eigenvalue weighted by Gasteiger charge is 2.27. The van der Waals surface area contributed by atoms with Crippen molar-refractivity contribution in [3.05, 3.63) is 96.3 Å². The standard InChI is InChI=1S/C24H22BNO4/c27-24(14-17-10-12-19(13-11-17)18-6-2-1-3-7-18)26-23(25(28)29)15-20-16-30-22-9-5-4-8-21(20)22/h1-13,16,23,28-29H,14-15H2,(H,26,27). The molecule has 5 nitrogen and oxygen atoms in total. The number of rotatable bonds is 7. The van der Waals surface area contributed by atoms with Gasteiger partial charge in [-0.1, -0.05) is 72.8 Å². The Morgan fingerprint density at radius 3 is 2.30 bits per heavy atom. The second-order valence-corrected chi connectivity index (χ2v) is 7.29. The molecule has 0 spiro atoms. The normalized spacial score (nSPS) is 11.9. The fourth-order valence-electron chi connectivity index (χ4n) is 3.55. The molecule has 0 aliphatic heterocycles. The van der Waals surface area contributed by atoms with E-state index in [9.17, 15) is 14.8 Å². The molecule has 150 valence electrons. The average Bonchev–Trinajstić information content (AvgIpc) is 3.17. The van der Waals surface area contributed by atoms with E-state index in [1.807, 2.05) is 78.9 Å². The largest absolute Gasteiger partial charge is 0.475 e. The Morgan fingerprint density at radius 1 is 0.900 bits per heavy atom. The highest BCUT2D eigenvalue weighted by molar-refractivity contribution is 6.43. The molecule has 4 rings (SSSR count). The van der Waals surface area contributed by atoms with Gasteiger partial charge in [-0.2, -0.15) is 0 Å². The van der Waals surface area contributed by atoms with E-state index in [0.29, 0.717) is 0 Å². The van der Waals surface area contributed by atoms with Crippen LogP contribution in [0.1, 0.15) is 11.1 Å². The summed E-state index contributed by atoms with van der Waals surface area (Å²) in [6, 6.07) is 25.3. The van der Waals surface area contributed by atoms with Crippen molar-refractivity contribution in [2.24, 2.45) is 0 Å². The molecule has 1 amide bonds. The highest BCUT2D eigenvalue weighted by atomic mass is 16.4. The zero-order chi connectivity index (χ0) is 20.9. The predicted molar refractivity (Wildman–Crippen MR) is 118 cm³/mol. The van der Waals surface area contributed by atoms with Crippen molar-refractivity contribution in [1.29, 1.82) is 0 Å². The smallest absolute Gasteiger partial charge is 0.464 e. The summed E-state index contributed by atoms with van der Waals surface area (Å²) >= 11 is 0. The van der Waals surface area contributed by atoms with Crippen LogP contribution in [-0.4, -0.2) is 29.0 Å². The van der Waals surface area contributed by atoms with Crippen LogP contribution in [0.3, 0.4) is 0 Å². The SMILES string of the molecule is O=C(Cc1ccc(-c2ccccc2)cc1)NC(Cc1coc2ccccc12)B(O)O. The molecule has 3 aromatic carbocycles. The number of nitrogens with one attached hydrogen (secondary N) is 1. The molecule has 30 heavy (non-hydrogen) atoms. The van der Waals surface area contributed by atoms with Crippen molar-refractivity contribution in [3.8, 4) is 11.1 Å². The third-order valence-corrected chi connectivity index (χ3v) is 5.13. The molecule has 0 saturated carbocycles. The lowest BCUT2D eigenvalue weighted by Gasteiger charge is -2.17. The van der Waals surface area contributed by atoms with Crippen molar-refractivity contribution in [3.63, 3.8) is 0 Å². The number of furan rings is 1. The van der Waals surface area contributed by atoms with Crippen LogP contribution in [0.4, 0.5) is 0 Å². The maximum Gasteiger partial charge on any atom is 0.475 e. The molecule has 3 N–H and O–H groups in total. The van der Waals surface area contributed by atoms with Gasteiger partial charge in [0.05, 0.1) is 18.6 Å². The lowest BCUT2D eigenvalue weighted by Crippen LogP contribution is -2.48. The van der Waals surface area contributed by atoms with Gasteiger partial charge < -0.3 is 19.8 Å². The van der Waals surface area contributed by atoms with Gasteiger partial charge in [0.1, 0.15) is 5.58 Å². The first-order valence-corrected chi connectivity index (χ1v) is 9.85. The van der Waals surface area contributed by atoms with Crippen molar-refractivity contribution >= 4 is 24.0 Å². The molecule has 1 atom stereocenters. The molecule has 0 aliphatic carbocycles. The number of benzene rings is 3. The lowest BCUT2D eigenvalue weighted by atomic mass is 9.75. The van der Waals surface area contributed by atoms with Crippen LogP contribution in [0.15, 0.2) is 89.5 Å². The lowest BCUT2D eigenvalue weighted by molar-refractivity contribution is -0.120. The molecule has 0 radical (unpaired) electrons. The molecule has 1 unspecified atom stereocenters. The molecule has 6 heteroatoms. The number of fused-ring (bicyclic) bond motifs is 1. The van der Waals surface area contributed by atoms with Gasteiger partial charge in [-0.05, 0) is 34.7 Å². The van der Waals surface area contributed by atoms with Gasteiger partial charge in [0.25, 0.3) is 0 Å². The molecule has 0 saturated heterocycles. The number of hydrogen-bond acceptors (Lipinski definition) is 4. The highest BCUT2D eigenvalue weighted by Crippen LogP contribution is 2.22. The van der Waals surface area contributed by atoms with E-state index in [1.54, 1.807) is 6.26 Å². The Kier molecular flexibility index (Phi) is 5.98. The van der Waals surface area contributed by atoms with Crippen molar-refractivity contribution in [1.82, 2.24) is 5.32 Å². The van der Waals surface area contributed by atoms with Crippen LogP contribution in [0.2, 0.25) is 0 Å². The second kappa shape index (κ2) is 8.99. The van der Waals surface area contributed by atoms with E-state index in [0.717, 1.165) is 33.2 Å². The fraction of sp³-hybridized carbons (Fsp3) is 0.125. The van der Waals surface area contributed by atoms with Crippen LogP contribution in [-0.2, 0) is 17.6 Å². The maximum absolute atomic E-state index is 12.5. The van der Waals surface area contributed by atoms with E-state index in [2.05, 4.69) is 5.32 Å². The first-order valence-electron chi connectivity index (χ1n) is 9.85.